The first-order chi connectivity index (χ1) is 9.74. The van der Waals surface area contributed by atoms with Crippen molar-refractivity contribution in [1.82, 2.24) is 5.32 Å². The third-order valence-corrected chi connectivity index (χ3v) is 3.37. The van der Waals surface area contributed by atoms with E-state index in [9.17, 15) is 9.90 Å². The van der Waals surface area contributed by atoms with Crippen LogP contribution in [0, 0.1) is 0 Å². The monoisotopic (exact) mass is 269 g/mol. The number of fused-ring (bicyclic) bond motifs is 1. The summed E-state index contributed by atoms with van der Waals surface area (Å²) in [5.41, 5.74) is 2.64. The van der Waals surface area contributed by atoms with Gasteiger partial charge in [0.25, 0.3) is 0 Å². The quantitative estimate of drug-likeness (QED) is 0.837. The van der Waals surface area contributed by atoms with Gasteiger partial charge in [-0.1, -0.05) is 30.3 Å². The highest BCUT2D eigenvalue weighted by atomic mass is 16.6. The molecular formula is C16H15NO3. The average Bonchev–Trinajstić information content (AvgIpc) is 2.79. The number of nitrogens with one attached hydrogen (secondary N) is 1. The molecule has 1 aliphatic rings. The van der Waals surface area contributed by atoms with Crippen molar-refractivity contribution in [1.29, 1.82) is 0 Å². The Balaban J connectivity index is 1.60. The summed E-state index contributed by atoms with van der Waals surface area (Å²) in [6, 6.07) is 14.5. The van der Waals surface area contributed by atoms with E-state index in [2.05, 4.69) is 5.32 Å². The van der Waals surface area contributed by atoms with Crippen LogP contribution < -0.4 is 5.32 Å². The normalized spacial score (nSPS) is 16.8. The van der Waals surface area contributed by atoms with Crippen LogP contribution in [0.4, 0.5) is 0 Å². The van der Waals surface area contributed by atoms with Gasteiger partial charge in [0.05, 0.1) is 5.56 Å². The number of aromatic hydroxyl groups is 1. The van der Waals surface area contributed by atoms with Gasteiger partial charge in [-0.3, -0.25) is 5.32 Å². The maximum Gasteiger partial charge on any atom is 0.340 e. The van der Waals surface area contributed by atoms with E-state index >= 15 is 0 Å². The molecule has 102 valence electrons. The highest BCUT2D eigenvalue weighted by Gasteiger charge is 2.29. The summed E-state index contributed by atoms with van der Waals surface area (Å²) < 4.78 is 5.30. The molecule has 0 fully saturated rings. The molecule has 20 heavy (non-hydrogen) atoms. The highest BCUT2D eigenvalue weighted by molar-refractivity contribution is 5.93. The molecule has 1 aliphatic heterocycles. The first-order valence-corrected chi connectivity index (χ1v) is 6.55. The van der Waals surface area contributed by atoms with Gasteiger partial charge in [0.2, 0.25) is 0 Å². The molecule has 2 N–H and O–H groups in total. The standard InChI is InChI=1S/C16H15NO3/c18-12-7-5-11(6-8-12)9-10-17-15-13-3-1-2-4-14(13)16(19)20-15/h1-8,15,17-18H,9-10H2. The number of carbonyl (C=O) groups excluding carboxylic acids is 1. The molecule has 1 heterocycles. The molecule has 1 unspecified atom stereocenters. The van der Waals surface area contributed by atoms with Crippen molar-refractivity contribution < 1.29 is 14.6 Å². The van der Waals surface area contributed by atoms with E-state index in [-0.39, 0.29) is 17.9 Å². The minimum Gasteiger partial charge on any atom is -0.508 e. The van der Waals surface area contributed by atoms with Gasteiger partial charge in [0.1, 0.15) is 5.75 Å². The predicted molar refractivity (Wildman–Crippen MR) is 74.4 cm³/mol. The summed E-state index contributed by atoms with van der Waals surface area (Å²) in [5, 5.41) is 12.4. The molecular weight excluding hydrogens is 254 g/mol. The number of ether oxygens (including phenoxy) is 1. The van der Waals surface area contributed by atoms with E-state index in [1.54, 1.807) is 18.2 Å². The molecule has 1 atom stereocenters. The molecule has 0 amide bonds. The topological polar surface area (TPSA) is 58.6 Å². The van der Waals surface area contributed by atoms with E-state index in [1.165, 1.54) is 0 Å². The molecule has 0 radical (unpaired) electrons. The van der Waals surface area contributed by atoms with Crippen molar-refractivity contribution in [2.75, 3.05) is 6.54 Å². The van der Waals surface area contributed by atoms with Gasteiger partial charge in [0.15, 0.2) is 6.23 Å². The molecule has 0 aliphatic carbocycles. The fraction of sp³-hybridized carbons (Fsp3) is 0.188. The molecule has 0 saturated carbocycles. The number of esters is 1. The third-order valence-electron chi connectivity index (χ3n) is 3.37. The van der Waals surface area contributed by atoms with Crippen LogP contribution in [0.2, 0.25) is 0 Å². The molecule has 0 saturated heterocycles. The lowest BCUT2D eigenvalue weighted by Crippen LogP contribution is -2.23. The molecule has 4 heteroatoms. The number of benzene rings is 2. The predicted octanol–water partition coefficient (Wildman–Crippen LogP) is 2.39. The van der Waals surface area contributed by atoms with Crippen LogP contribution in [-0.4, -0.2) is 17.6 Å². The van der Waals surface area contributed by atoms with Gasteiger partial charge >= 0.3 is 5.97 Å². The summed E-state index contributed by atoms with van der Waals surface area (Å²) in [4.78, 5) is 11.7. The minimum atomic E-state index is -0.365. The summed E-state index contributed by atoms with van der Waals surface area (Å²) in [6.07, 6.45) is 0.437. The summed E-state index contributed by atoms with van der Waals surface area (Å²) in [6.45, 7) is 0.692. The maximum atomic E-state index is 11.7. The van der Waals surface area contributed by atoms with Gasteiger partial charge in [-0.2, -0.15) is 0 Å². The van der Waals surface area contributed by atoms with Crippen LogP contribution >= 0.6 is 0 Å². The molecule has 0 aromatic heterocycles. The van der Waals surface area contributed by atoms with Crippen molar-refractivity contribution in [3.8, 4) is 5.75 Å². The van der Waals surface area contributed by atoms with Crippen LogP contribution in [0.1, 0.15) is 27.7 Å². The molecule has 2 aromatic carbocycles. The van der Waals surface area contributed by atoms with Crippen LogP contribution in [0.15, 0.2) is 48.5 Å². The minimum absolute atomic E-state index is 0.264. The first kappa shape index (κ1) is 12.7. The van der Waals surface area contributed by atoms with Gasteiger partial charge in [-0.15, -0.1) is 0 Å². The van der Waals surface area contributed by atoms with Crippen LogP contribution in [0.25, 0.3) is 0 Å². The van der Waals surface area contributed by atoms with Crippen molar-refractivity contribution in [3.05, 3.63) is 65.2 Å². The highest BCUT2D eigenvalue weighted by Crippen LogP contribution is 2.27. The van der Waals surface area contributed by atoms with E-state index in [1.807, 2.05) is 30.3 Å². The maximum absolute atomic E-state index is 11.7. The van der Waals surface area contributed by atoms with Crippen molar-refractivity contribution >= 4 is 5.97 Å². The summed E-state index contributed by atoms with van der Waals surface area (Å²) in [5.74, 6) is -0.0110. The molecule has 0 bridgehead atoms. The Morgan fingerprint density at radius 3 is 2.65 bits per heavy atom. The summed E-state index contributed by atoms with van der Waals surface area (Å²) in [7, 11) is 0. The van der Waals surface area contributed by atoms with Crippen molar-refractivity contribution in [2.45, 2.75) is 12.6 Å². The Hall–Kier alpha value is -2.33. The second-order valence-corrected chi connectivity index (χ2v) is 4.74. The van der Waals surface area contributed by atoms with E-state index in [0.29, 0.717) is 12.1 Å². The van der Waals surface area contributed by atoms with Gasteiger partial charge < -0.3 is 9.84 Å². The lowest BCUT2D eigenvalue weighted by atomic mass is 10.1. The van der Waals surface area contributed by atoms with Gasteiger partial charge in [-0.25, -0.2) is 4.79 Å². The van der Waals surface area contributed by atoms with Crippen LogP contribution in [0.5, 0.6) is 5.75 Å². The Morgan fingerprint density at radius 2 is 1.85 bits per heavy atom. The Kier molecular flexibility index (Phi) is 3.39. The lowest BCUT2D eigenvalue weighted by Gasteiger charge is -2.12. The van der Waals surface area contributed by atoms with Crippen LogP contribution in [0.3, 0.4) is 0 Å². The number of phenols is 1. The zero-order valence-electron chi connectivity index (χ0n) is 10.9. The van der Waals surface area contributed by atoms with E-state index < -0.39 is 0 Å². The molecule has 2 aromatic rings. The SMILES string of the molecule is O=C1OC(NCCc2ccc(O)cc2)c2ccccc21. The largest absolute Gasteiger partial charge is 0.508 e. The van der Waals surface area contributed by atoms with E-state index in [0.717, 1.165) is 17.5 Å². The molecule has 3 rings (SSSR count). The fourth-order valence-electron chi connectivity index (χ4n) is 2.31. The van der Waals surface area contributed by atoms with Crippen molar-refractivity contribution in [3.63, 3.8) is 0 Å². The second kappa shape index (κ2) is 5.35. The third kappa shape index (κ3) is 2.51. The van der Waals surface area contributed by atoms with Crippen LogP contribution in [-0.2, 0) is 11.2 Å². The Bertz CT molecular complexity index is 622. The van der Waals surface area contributed by atoms with Gasteiger partial charge in [-0.05, 0) is 30.2 Å². The zero-order chi connectivity index (χ0) is 13.9. The lowest BCUT2D eigenvalue weighted by molar-refractivity contribution is 0.0310. The number of hydrogen-bond acceptors (Lipinski definition) is 4. The summed E-state index contributed by atoms with van der Waals surface area (Å²) >= 11 is 0. The first-order valence-electron chi connectivity index (χ1n) is 6.55. The number of carbonyl (C=O) groups is 1. The zero-order valence-corrected chi connectivity index (χ0v) is 10.9. The fourth-order valence-corrected chi connectivity index (χ4v) is 2.31. The smallest absolute Gasteiger partial charge is 0.340 e. The number of phenolic OH excluding ortho intramolecular Hbond substituents is 1. The second-order valence-electron chi connectivity index (χ2n) is 4.74. The Morgan fingerprint density at radius 1 is 1.10 bits per heavy atom. The van der Waals surface area contributed by atoms with Gasteiger partial charge in [0, 0.05) is 12.1 Å². The van der Waals surface area contributed by atoms with E-state index in [4.69, 9.17) is 4.74 Å². The number of rotatable bonds is 4. The number of cyclic esters (lactones) is 1. The number of hydrogen-bond donors (Lipinski definition) is 2. The van der Waals surface area contributed by atoms with Crippen molar-refractivity contribution in [2.24, 2.45) is 0 Å². The average molecular weight is 269 g/mol. The molecule has 0 spiro atoms. The molecule has 4 nitrogen and oxygen atoms in total. The Labute approximate surface area is 117 Å².